The molecule has 222 valence electrons. The van der Waals surface area contributed by atoms with Crippen molar-refractivity contribution in [3.63, 3.8) is 0 Å². The van der Waals surface area contributed by atoms with Gasteiger partial charge in [0, 0.05) is 43.5 Å². The SMILES string of the molecule is C=C([C@@H]1C[C@H](O[Si](C)(C)C(C)(C)C)C(C)(C)[C@@H]1O)[C@@H]1CC[C@@H]2[C@@H](OCOC)[C@@]1(CCO)C[C@@]2(C)OCOC. The molecule has 0 aliphatic heterocycles. The van der Waals surface area contributed by atoms with Crippen molar-refractivity contribution in [3.8, 4) is 0 Å². The lowest BCUT2D eigenvalue weighted by molar-refractivity contribution is -0.173. The Balaban J connectivity index is 1.95. The number of methoxy groups -OCH3 is 2. The van der Waals surface area contributed by atoms with Gasteiger partial charge in [0.15, 0.2) is 8.32 Å². The molecule has 3 aliphatic carbocycles. The average molecular weight is 557 g/mol. The second-order valence-corrected chi connectivity index (χ2v) is 19.3. The highest BCUT2D eigenvalue weighted by molar-refractivity contribution is 6.74. The molecule has 8 atom stereocenters. The fourth-order valence-electron chi connectivity index (χ4n) is 7.68. The third-order valence-electron chi connectivity index (χ3n) is 10.9. The van der Waals surface area contributed by atoms with Gasteiger partial charge in [-0.1, -0.05) is 46.8 Å². The third kappa shape index (κ3) is 5.58. The Morgan fingerprint density at radius 2 is 1.68 bits per heavy atom. The predicted octanol–water partition coefficient (Wildman–Crippen LogP) is 5.51. The minimum atomic E-state index is -2.03. The molecule has 3 fully saturated rings. The van der Waals surface area contributed by atoms with Crippen LogP contribution in [-0.2, 0) is 23.4 Å². The molecular formula is C30H56O7Si. The molecule has 0 unspecified atom stereocenters. The van der Waals surface area contributed by atoms with Gasteiger partial charge in [-0.2, -0.15) is 0 Å². The van der Waals surface area contributed by atoms with E-state index in [1.807, 2.05) is 0 Å². The number of ether oxygens (including phenoxy) is 4. The van der Waals surface area contributed by atoms with Crippen LogP contribution in [0.1, 0.15) is 73.6 Å². The van der Waals surface area contributed by atoms with E-state index < -0.39 is 20.0 Å². The number of aliphatic hydroxyl groups is 2. The lowest BCUT2D eigenvalue weighted by atomic mass is 9.59. The van der Waals surface area contributed by atoms with Gasteiger partial charge in [-0.25, -0.2) is 0 Å². The van der Waals surface area contributed by atoms with Crippen molar-refractivity contribution in [2.45, 2.75) is 116 Å². The van der Waals surface area contributed by atoms with Crippen LogP contribution in [0.5, 0.6) is 0 Å². The smallest absolute Gasteiger partial charge is 0.192 e. The van der Waals surface area contributed by atoms with Crippen LogP contribution in [-0.4, -0.2) is 76.9 Å². The molecule has 2 N–H and O–H groups in total. The van der Waals surface area contributed by atoms with E-state index >= 15 is 0 Å². The molecule has 2 bridgehead atoms. The fraction of sp³-hybridized carbons (Fsp3) is 0.933. The summed E-state index contributed by atoms with van der Waals surface area (Å²) in [7, 11) is 1.25. The minimum absolute atomic E-state index is 0.0373. The molecule has 7 nitrogen and oxygen atoms in total. The Morgan fingerprint density at radius 3 is 2.24 bits per heavy atom. The van der Waals surface area contributed by atoms with Gasteiger partial charge in [0.05, 0.1) is 23.9 Å². The van der Waals surface area contributed by atoms with Gasteiger partial charge >= 0.3 is 0 Å². The van der Waals surface area contributed by atoms with Gasteiger partial charge in [0.25, 0.3) is 0 Å². The topological polar surface area (TPSA) is 86.6 Å². The largest absolute Gasteiger partial charge is 0.413 e. The van der Waals surface area contributed by atoms with Gasteiger partial charge in [-0.15, -0.1) is 0 Å². The molecule has 3 saturated carbocycles. The second kappa shape index (κ2) is 11.5. The van der Waals surface area contributed by atoms with E-state index in [1.165, 1.54) is 0 Å². The normalized spacial score (nSPS) is 39.1. The maximum Gasteiger partial charge on any atom is 0.192 e. The second-order valence-electron chi connectivity index (χ2n) is 14.5. The maximum absolute atomic E-state index is 11.7. The summed E-state index contributed by atoms with van der Waals surface area (Å²) in [4.78, 5) is 0. The highest BCUT2D eigenvalue weighted by Crippen LogP contribution is 2.65. The lowest BCUT2D eigenvalue weighted by Crippen LogP contribution is -2.49. The van der Waals surface area contributed by atoms with E-state index in [0.717, 1.165) is 31.3 Å². The summed E-state index contributed by atoms with van der Waals surface area (Å²) in [5.74, 6) is 0.164. The zero-order valence-electron chi connectivity index (χ0n) is 25.8. The van der Waals surface area contributed by atoms with E-state index in [2.05, 4.69) is 61.2 Å². The molecule has 0 aromatic carbocycles. The van der Waals surface area contributed by atoms with Gasteiger partial charge in [-0.3, -0.25) is 0 Å². The van der Waals surface area contributed by atoms with Crippen molar-refractivity contribution in [2.24, 2.45) is 28.6 Å². The van der Waals surface area contributed by atoms with Crippen molar-refractivity contribution < 1.29 is 33.6 Å². The Kier molecular flexibility index (Phi) is 9.75. The van der Waals surface area contributed by atoms with Gasteiger partial charge in [0.2, 0.25) is 0 Å². The van der Waals surface area contributed by atoms with E-state index in [1.54, 1.807) is 14.2 Å². The van der Waals surface area contributed by atoms with E-state index in [0.29, 0.717) is 6.42 Å². The molecular weight excluding hydrogens is 500 g/mol. The minimum Gasteiger partial charge on any atom is -0.413 e. The summed E-state index contributed by atoms with van der Waals surface area (Å²) in [6.45, 7) is 22.9. The summed E-state index contributed by atoms with van der Waals surface area (Å²) < 4.78 is 30.3. The van der Waals surface area contributed by atoms with Crippen LogP contribution in [0.15, 0.2) is 12.2 Å². The first kappa shape index (κ1) is 32.2. The maximum atomic E-state index is 11.7. The predicted molar refractivity (Wildman–Crippen MR) is 152 cm³/mol. The molecule has 0 aromatic rings. The van der Waals surface area contributed by atoms with Crippen LogP contribution < -0.4 is 0 Å². The summed E-state index contributed by atoms with van der Waals surface area (Å²) in [6, 6.07) is 0. The first-order valence-corrected chi connectivity index (χ1v) is 17.3. The standard InChI is InChI=1S/C30H56O7Si/c1-20(21-16-24(28(5,6)25(21)32)37-38(10,11)27(2,3)4)22-12-13-23-26(35-18-33-8)30(22,14-15-31)17-29(23,7)36-19-34-9/h21-26,31-32H,1,12-19H2,2-11H3/t21-,22-,23+,24-,25+,26+,29+,30-/m0/s1. The Hall–Kier alpha value is -0.323. The van der Waals surface area contributed by atoms with E-state index in [-0.39, 0.29) is 66.0 Å². The molecule has 0 heterocycles. The number of fused-ring (bicyclic) bond motifs is 2. The van der Waals surface area contributed by atoms with Gasteiger partial charge in [-0.05, 0) is 63.1 Å². The number of hydrogen-bond donors (Lipinski definition) is 2. The molecule has 0 spiro atoms. The van der Waals surface area contributed by atoms with Gasteiger partial charge < -0.3 is 33.6 Å². The fourth-order valence-corrected chi connectivity index (χ4v) is 9.14. The van der Waals surface area contributed by atoms with Crippen LogP contribution in [0.25, 0.3) is 0 Å². The zero-order valence-corrected chi connectivity index (χ0v) is 26.8. The van der Waals surface area contributed by atoms with Crippen molar-refractivity contribution in [1.29, 1.82) is 0 Å². The van der Waals surface area contributed by atoms with Gasteiger partial charge in [0.1, 0.15) is 13.6 Å². The molecule has 38 heavy (non-hydrogen) atoms. The van der Waals surface area contributed by atoms with Crippen LogP contribution in [0.2, 0.25) is 18.1 Å². The Labute approximate surface area is 232 Å². The van der Waals surface area contributed by atoms with Crippen molar-refractivity contribution in [2.75, 3.05) is 34.4 Å². The van der Waals surface area contributed by atoms with Crippen molar-refractivity contribution in [1.82, 2.24) is 0 Å². The molecule has 3 rings (SSSR count). The number of aliphatic hydroxyl groups excluding tert-OH is 2. The molecule has 0 amide bonds. The Morgan fingerprint density at radius 1 is 1.05 bits per heavy atom. The average Bonchev–Trinajstić information content (AvgIpc) is 3.12. The van der Waals surface area contributed by atoms with Crippen LogP contribution in [0, 0.1) is 28.6 Å². The lowest BCUT2D eigenvalue weighted by Gasteiger charge is -2.48. The van der Waals surface area contributed by atoms with Crippen molar-refractivity contribution >= 4 is 8.32 Å². The quantitative estimate of drug-likeness (QED) is 0.186. The first-order valence-electron chi connectivity index (χ1n) is 14.4. The van der Waals surface area contributed by atoms with E-state index in [4.69, 9.17) is 23.4 Å². The highest BCUT2D eigenvalue weighted by Gasteiger charge is 2.66. The highest BCUT2D eigenvalue weighted by atomic mass is 28.4. The monoisotopic (exact) mass is 556 g/mol. The summed E-state index contributed by atoms with van der Waals surface area (Å²) in [6.07, 6.45) is 3.20. The Bertz CT molecular complexity index is 824. The first-order chi connectivity index (χ1) is 17.5. The summed E-state index contributed by atoms with van der Waals surface area (Å²) >= 11 is 0. The van der Waals surface area contributed by atoms with Crippen LogP contribution in [0.3, 0.4) is 0 Å². The molecule has 8 heteroatoms. The summed E-state index contributed by atoms with van der Waals surface area (Å²) in [5, 5.41) is 22.1. The van der Waals surface area contributed by atoms with E-state index in [9.17, 15) is 10.2 Å². The molecule has 0 saturated heterocycles. The molecule has 0 aromatic heterocycles. The summed E-state index contributed by atoms with van der Waals surface area (Å²) in [5.41, 5.74) is -0.124. The third-order valence-corrected chi connectivity index (χ3v) is 15.4. The zero-order chi connectivity index (χ0) is 28.7. The van der Waals surface area contributed by atoms with Crippen LogP contribution in [0.4, 0.5) is 0 Å². The molecule has 0 radical (unpaired) electrons. The number of hydrogen-bond acceptors (Lipinski definition) is 7. The van der Waals surface area contributed by atoms with Crippen LogP contribution >= 0.6 is 0 Å². The number of rotatable bonds is 12. The van der Waals surface area contributed by atoms with Crippen molar-refractivity contribution in [3.05, 3.63) is 12.2 Å². The molecule has 3 aliphatic rings.